The molecule has 3 heteroatoms. The van der Waals surface area contributed by atoms with Crippen molar-refractivity contribution < 1.29 is 14.6 Å². The normalized spacial score (nSPS) is 57.2. The maximum absolute atomic E-state index is 12.9. The summed E-state index contributed by atoms with van der Waals surface area (Å²) in [7, 11) is 0. The third-order valence-electron chi connectivity index (χ3n) is 13.5. The number of ketones is 1. The molecule has 0 aromatic rings. The Morgan fingerprint density at radius 3 is 2.27 bits per heavy atom. The smallest absolute Gasteiger partial charge is 0.138 e. The van der Waals surface area contributed by atoms with E-state index < -0.39 is 5.60 Å². The molecule has 33 heavy (non-hydrogen) atoms. The van der Waals surface area contributed by atoms with Gasteiger partial charge in [-0.25, -0.2) is 0 Å². The lowest BCUT2D eigenvalue weighted by Gasteiger charge is -2.62. The lowest BCUT2D eigenvalue weighted by molar-refractivity contribution is -0.157. The number of carbonyl (C=O) groups excluding carboxylic acids is 1. The molecule has 1 heterocycles. The number of hydrogen-bond donors (Lipinski definition) is 1. The number of ether oxygens (including phenoxy) is 1. The van der Waals surface area contributed by atoms with Crippen molar-refractivity contribution in [2.24, 2.45) is 50.7 Å². The van der Waals surface area contributed by atoms with Gasteiger partial charge in [-0.2, -0.15) is 0 Å². The second kappa shape index (κ2) is 6.47. The van der Waals surface area contributed by atoms with E-state index in [1.54, 1.807) is 0 Å². The second-order valence-electron chi connectivity index (χ2n) is 15.3. The topological polar surface area (TPSA) is 46.5 Å². The molecule has 6 rings (SSSR count). The Morgan fingerprint density at radius 2 is 1.58 bits per heavy atom. The molecule has 2 spiro atoms. The summed E-state index contributed by atoms with van der Waals surface area (Å²) in [4.78, 5) is 12.9. The molecule has 0 radical (unpaired) electrons. The average Bonchev–Trinajstić information content (AvgIpc) is 3.35. The number of rotatable bonds is 1. The predicted molar refractivity (Wildman–Crippen MR) is 131 cm³/mol. The van der Waals surface area contributed by atoms with Crippen molar-refractivity contribution in [1.82, 2.24) is 0 Å². The van der Waals surface area contributed by atoms with E-state index in [1.165, 1.54) is 44.9 Å². The van der Waals surface area contributed by atoms with Gasteiger partial charge in [-0.3, -0.25) is 4.79 Å². The van der Waals surface area contributed by atoms with Crippen molar-refractivity contribution in [3.63, 3.8) is 0 Å². The maximum Gasteiger partial charge on any atom is 0.138 e. The third kappa shape index (κ3) is 2.58. The Labute approximate surface area is 201 Å². The van der Waals surface area contributed by atoms with E-state index in [-0.39, 0.29) is 17.6 Å². The van der Waals surface area contributed by atoms with Gasteiger partial charge in [0, 0.05) is 11.8 Å². The van der Waals surface area contributed by atoms with Gasteiger partial charge in [0.2, 0.25) is 0 Å². The largest absolute Gasteiger partial charge is 0.388 e. The van der Waals surface area contributed by atoms with Crippen LogP contribution >= 0.6 is 0 Å². The Kier molecular flexibility index (Phi) is 4.51. The maximum atomic E-state index is 12.9. The highest BCUT2D eigenvalue weighted by atomic mass is 16.5. The molecule has 186 valence electrons. The van der Waals surface area contributed by atoms with Crippen LogP contribution in [0.4, 0.5) is 0 Å². The summed E-state index contributed by atoms with van der Waals surface area (Å²) in [6, 6.07) is 0. The van der Waals surface area contributed by atoms with Crippen molar-refractivity contribution in [2.75, 3.05) is 0 Å². The minimum atomic E-state index is -0.774. The highest BCUT2D eigenvalue weighted by Gasteiger charge is 2.83. The highest BCUT2D eigenvalue weighted by molar-refractivity contribution is 5.86. The zero-order valence-electron chi connectivity index (χ0n) is 22.3. The number of carbonyl (C=O) groups is 1. The van der Waals surface area contributed by atoms with Gasteiger partial charge in [0.1, 0.15) is 5.78 Å². The number of fused-ring (bicyclic) bond motifs is 4. The molecule has 6 aliphatic rings. The standard InChI is InChI=1S/C30H48O3/c1-18-8-11-23(26(4,5)32)33-19-16-28(7)21-10-9-20-25(2,3)22(31)12-13-29(20)17-30(21,29)15-14-27(28,6)24(18)19/h18-21,23-24,32H,8-17H2,1-7H3/t18-,19+,20+,21+,23-,24+,27-,28+,29-,30+/m1/s1. The van der Waals surface area contributed by atoms with Crippen molar-refractivity contribution in [3.05, 3.63) is 0 Å². The van der Waals surface area contributed by atoms with E-state index >= 15 is 0 Å². The molecule has 5 aliphatic carbocycles. The van der Waals surface area contributed by atoms with Gasteiger partial charge in [0.05, 0.1) is 17.8 Å². The second-order valence-corrected chi connectivity index (χ2v) is 15.3. The zero-order chi connectivity index (χ0) is 23.8. The summed E-state index contributed by atoms with van der Waals surface area (Å²) in [6.45, 7) is 16.1. The van der Waals surface area contributed by atoms with Gasteiger partial charge < -0.3 is 9.84 Å². The Morgan fingerprint density at radius 1 is 0.909 bits per heavy atom. The number of hydrogen-bond acceptors (Lipinski definition) is 3. The fourth-order valence-electron chi connectivity index (χ4n) is 11.8. The molecule has 6 fully saturated rings. The van der Waals surface area contributed by atoms with Gasteiger partial charge in [-0.1, -0.05) is 34.6 Å². The molecule has 0 bridgehead atoms. The van der Waals surface area contributed by atoms with Crippen LogP contribution in [-0.4, -0.2) is 28.7 Å². The van der Waals surface area contributed by atoms with Crippen LogP contribution in [0, 0.1) is 50.7 Å². The summed E-state index contributed by atoms with van der Waals surface area (Å²) in [5.74, 6) is 3.14. The number of aliphatic hydroxyl groups is 1. The van der Waals surface area contributed by atoms with E-state index in [0.29, 0.717) is 45.2 Å². The Bertz CT molecular complexity index is 870. The van der Waals surface area contributed by atoms with E-state index in [4.69, 9.17) is 4.74 Å². The van der Waals surface area contributed by atoms with Gasteiger partial charge in [0.25, 0.3) is 0 Å². The Hall–Kier alpha value is -0.410. The molecular weight excluding hydrogens is 408 g/mol. The molecule has 3 nitrogen and oxygen atoms in total. The first-order valence-electron chi connectivity index (χ1n) is 14.1. The molecule has 5 saturated carbocycles. The van der Waals surface area contributed by atoms with E-state index in [2.05, 4.69) is 34.6 Å². The van der Waals surface area contributed by atoms with Gasteiger partial charge in [-0.15, -0.1) is 0 Å². The van der Waals surface area contributed by atoms with Gasteiger partial charge in [0.15, 0.2) is 0 Å². The van der Waals surface area contributed by atoms with Crippen LogP contribution in [0.2, 0.25) is 0 Å². The molecule has 0 unspecified atom stereocenters. The molecule has 1 N–H and O–H groups in total. The van der Waals surface area contributed by atoms with Crippen molar-refractivity contribution in [2.45, 2.75) is 130 Å². The fourth-order valence-corrected chi connectivity index (χ4v) is 11.8. The first-order chi connectivity index (χ1) is 15.2. The quantitative estimate of drug-likeness (QED) is 0.486. The lowest BCUT2D eigenvalue weighted by atomic mass is 9.42. The first kappa shape index (κ1) is 23.0. The summed E-state index contributed by atoms with van der Waals surface area (Å²) in [5, 5.41) is 10.8. The molecule has 10 atom stereocenters. The lowest BCUT2D eigenvalue weighted by Crippen LogP contribution is -2.57. The van der Waals surface area contributed by atoms with Gasteiger partial charge >= 0.3 is 0 Å². The van der Waals surface area contributed by atoms with Crippen LogP contribution < -0.4 is 0 Å². The monoisotopic (exact) mass is 456 g/mol. The molecule has 1 saturated heterocycles. The van der Waals surface area contributed by atoms with Crippen LogP contribution in [-0.2, 0) is 9.53 Å². The van der Waals surface area contributed by atoms with E-state index in [1.807, 2.05) is 13.8 Å². The summed E-state index contributed by atoms with van der Waals surface area (Å²) >= 11 is 0. The number of Topliss-reactive ketones (excluding diaryl/α,β-unsaturated/α-hetero) is 1. The average molecular weight is 457 g/mol. The molecule has 0 aromatic carbocycles. The third-order valence-corrected chi connectivity index (χ3v) is 13.5. The van der Waals surface area contributed by atoms with Crippen LogP contribution in [0.3, 0.4) is 0 Å². The molecule has 0 amide bonds. The Balaban J connectivity index is 1.37. The van der Waals surface area contributed by atoms with Crippen LogP contribution in [0.25, 0.3) is 0 Å². The van der Waals surface area contributed by atoms with Crippen molar-refractivity contribution >= 4 is 5.78 Å². The minimum Gasteiger partial charge on any atom is -0.388 e. The van der Waals surface area contributed by atoms with E-state index in [0.717, 1.165) is 25.2 Å². The van der Waals surface area contributed by atoms with Crippen LogP contribution in [0.5, 0.6) is 0 Å². The van der Waals surface area contributed by atoms with Crippen molar-refractivity contribution in [3.8, 4) is 0 Å². The molecule has 0 aromatic heterocycles. The summed E-state index contributed by atoms with van der Waals surface area (Å²) in [5.41, 5.74) is 0.626. The molecular formula is C30H48O3. The first-order valence-corrected chi connectivity index (χ1v) is 14.1. The van der Waals surface area contributed by atoms with E-state index in [9.17, 15) is 9.90 Å². The zero-order valence-corrected chi connectivity index (χ0v) is 22.3. The molecule has 1 aliphatic heterocycles. The van der Waals surface area contributed by atoms with Crippen molar-refractivity contribution in [1.29, 1.82) is 0 Å². The van der Waals surface area contributed by atoms with Crippen LogP contribution in [0.15, 0.2) is 0 Å². The highest BCUT2D eigenvalue weighted by Crippen LogP contribution is 2.89. The van der Waals surface area contributed by atoms with Crippen LogP contribution in [0.1, 0.15) is 113 Å². The predicted octanol–water partition coefficient (Wildman–Crippen LogP) is 6.56. The minimum absolute atomic E-state index is 0.0515. The summed E-state index contributed by atoms with van der Waals surface area (Å²) in [6.07, 6.45) is 12.1. The van der Waals surface area contributed by atoms with Gasteiger partial charge in [-0.05, 0) is 117 Å². The SMILES string of the molecule is C[C@@H]1CC[C@H](C(C)(C)O)O[C@H]2C[C@@]3(C)[C@@H]4CC[C@H]5C(C)(C)C(=O)CC[C@@]56C[C@@]46CC[C@]3(C)[C@@H]12. The summed E-state index contributed by atoms with van der Waals surface area (Å²) < 4.78 is 6.88. The fraction of sp³-hybridized carbons (Fsp3) is 0.967.